The van der Waals surface area contributed by atoms with Crippen LogP contribution in [0.3, 0.4) is 0 Å². The summed E-state index contributed by atoms with van der Waals surface area (Å²) in [5.74, 6) is -0.163. The van der Waals surface area contributed by atoms with Crippen molar-refractivity contribution in [2.45, 2.75) is 68.9 Å². The van der Waals surface area contributed by atoms with Crippen LogP contribution in [-0.4, -0.2) is 65.0 Å². The maximum atomic E-state index is 13.4. The van der Waals surface area contributed by atoms with E-state index in [9.17, 15) is 24.7 Å². The van der Waals surface area contributed by atoms with Gasteiger partial charge >= 0.3 is 0 Å². The second-order valence-corrected chi connectivity index (χ2v) is 13.2. The number of fused-ring (bicyclic) bond motifs is 11. The number of phenolic OH excluding ortho intramolecular Hbond substituents is 1. The number of nitrogens with one attached hydrogen (secondary N) is 3. The van der Waals surface area contributed by atoms with Gasteiger partial charge in [0.05, 0.1) is 16.7 Å². The number of hydroxylamine groups is 1. The Bertz CT molecular complexity index is 1890. The lowest BCUT2D eigenvalue weighted by atomic mass is 10.0. The van der Waals surface area contributed by atoms with Crippen molar-refractivity contribution in [2.75, 3.05) is 13.1 Å². The van der Waals surface area contributed by atoms with E-state index in [4.69, 9.17) is 23.7 Å². The summed E-state index contributed by atoms with van der Waals surface area (Å²) < 4.78 is 33.0. The van der Waals surface area contributed by atoms with Gasteiger partial charge in [0, 0.05) is 31.5 Å². The lowest BCUT2D eigenvalue weighted by Gasteiger charge is -2.36. The molecule has 6 aliphatic rings. The zero-order chi connectivity index (χ0) is 34.4. The number of para-hydroxylation sites is 3. The van der Waals surface area contributed by atoms with Gasteiger partial charge in [0.2, 0.25) is 0 Å². The fourth-order valence-electron chi connectivity index (χ4n) is 7.41. The van der Waals surface area contributed by atoms with Crippen molar-refractivity contribution in [3.8, 4) is 34.5 Å². The average Bonchev–Trinajstić information content (AvgIpc) is 3.83. The number of carbonyl (C=O) groups excluding carboxylic acids is 3. The highest BCUT2D eigenvalue weighted by Crippen LogP contribution is 2.59. The summed E-state index contributed by atoms with van der Waals surface area (Å²) in [5.41, 5.74) is 1.37. The Morgan fingerprint density at radius 3 is 2.26 bits per heavy atom. The molecular formula is C37H37N3O10. The third kappa shape index (κ3) is 5.60. The van der Waals surface area contributed by atoms with E-state index in [1.54, 1.807) is 54.0 Å². The lowest BCUT2D eigenvalue weighted by Crippen LogP contribution is -2.45. The Morgan fingerprint density at radius 2 is 1.50 bits per heavy atom. The Balaban J connectivity index is 1.23. The molecular weight excluding hydrogens is 646 g/mol. The van der Waals surface area contributed by atoms with Crippen molar-refractivity contribution in [1.82, 2.24) is 16.1 Å². The van der Waals surface area contributed by atoms with Gasteiger partial charge < -0.3 is 39.4 Å². The van der Waals surface area contributed by atoms with Gasteiger partial charge in [-0.3, -0.25) is 19.6 Å². The quantitative estimate of drug-likeness (QED) is 0.183. The third-order valence-corrected chi connectivity index (χ3v) is 10.0. The SMILES string of the molecule is O=C1NCCCCCCNC(=O)c2cccc3c2O[C@H]2/C=C4/Oc5cccc(C(=O)NO)c5O[C@@H]4CC[C@H](Oc4c(O)cccc41)C1C[C@@]12O3. The molecule has 2 aliphatic carbocycles. The highest BCUT2D eigenvalue weighted by atomic mass is 16.6. The number of rotatable bonds is 1. The smallest absolute Gasteiger partial charge is 0.278 e. The Hall–Kier alpha value is -5.43. The van der Waals surface area contributed by atoms with Crippen molar-refractivity contribution in [2.24, 2.45) is 5.92 Å². The number of ether oxygens (including phenoxy) is 5. The van der Waals surface area contributed by atoms with Crippen molar-refractivity contribution >= 4 is 17.7 Å². The molecule has 4 heterocycles. The molecule has 4 aliphatic heterocycles. The van der Waals surface area contributed by atoms with Crippen LogP contribution in [0.5, 0.6) is 34.5 Å². The second kappa shape index (κ2) is 12.8. The molecule has 1 saturated carbocycles. The minimum Gasteiger partial charge on any atom is -0.504 e. The summed E-state index contributed by atoms with van der Waals surface area (Å²) in [6.45, 7) is 0.924. The molecule has 3 amide bonds. The summed E-state index contributed by atoms with van der Waals surface area (Å²) in [7, 11) is 0. The third-order valence-electron chi connectivity index (χ3n) is 10.0. The van der Waals surface area contributed by atoms with E-state index in [2.05, 4.69) is 10.6 Å². The molecule has 3 aromatic carbocycles. The highest BCUT2D eigenvalue weighted by Gasteiger charge is 2.69. The zero-order valence-corrected chi connectivity index (χ0v) is 27.1. The van der Waals surface area contributed by atoms with Gasteiger partial charge in [-0.1, -0.05) is 31.0 Å². The monoisotopic (exact) mass is 683 g/mol. The van der Waals surface area contributed by atoms with Crippen LogP contribution in [0, 0.1) is 5.92 Å². The minimum absolute atomic E-state index is 0.0691. The van der Waals surface area contributed by atoms with E-state index in [1.165, 1.54) is 12.1 Å². The Kier molecular flexibility index (Phi) is 8.14. The van der Waals surface area contributed by atoms with Crippen LogP contribution in [0.2, 0.25) is 0 Å². The molecule has 0 radical (unpaired) electrons. The molecule has 13 nitrogen and oxygen atoms in total. The topological polar surface area (TPSA) is 174 Å². The number of aromatic hydroxyl groups is 1. The fourth-order valence-corrected chi connectivity index (χ4v) is 7.41. The number of carbonyl (C=O) groups is 3. The van der Waals surface area contributed by atoms with Crippen LogP contribution in [0.1, 0.15) is 76.0 Å². The Labute approximate surface area is 287 Å². The molecule has 1 spiro atoms. The molecule has 5 N–H and O–H groups in total. The van der Waals surface area contributed by atoms with Crippen molar-refractivity contribution < 1.29 is 48.4 Å². The summed E-state index contributed by atoms with van der Waals surface area (Å²) in [6, 6.07) is 14.7. The van der Waals surface area contributed by atoms with E-state index < -0.39 is 29.8 Å². The first-order chi connectivity index (χ1) is 24.4. The van der Waals surface area contributed by atoms with Gasteiger partial charge in [-0.2, -0.15) is 0 Å². The predicted molar refractivity (Wildman–Crippen MR) is 176 cm³/mol. The van der Waals surface area contributed by atoms with Crippen molar-refractivity contribution in [1.29, 1.82) is 0 Å². The summed E-state index contributed by atoms with van der Waals surface area (Å²) in [4.78, 5) is 39.4. The van der Waals surface area contributed by atoms with Gasteiger partial charge in [-0.25, -0.2) is 5.48 Å². The molecule has 6 bridgehead atoms. The minimum atomic E-state index is -0.940. The van der Waals surface area contributed by atoms with Crippen molar-refractivity contribution in [3.63, 3.8) is 0 Å². The molecule has 1 unspecified atom stereocenters. The Morgan fingerprint density at radius 1 is 0.800 bits per heavy atom. The van der Waals surface area contributed by atoms with Crippen LogP contribution in [0.25, 0.3) is 0 Å². The van der Waals surface area contributed by atoms with E-state index in [0.717, 1.165) is 25.7 Å². The largest absolute Gasteiger partial charge is 0.504 e. The first-order valence-electron chi connectivity index (χ1n) is 17.0. The standard InChI is InChI=1S/C37H37N3O10/c41-24-11-5-8-20-31(24)47-25-14-15-26-29(46-27-12-6-10-22(32(27)48-26)36(44)40-45)18-30-37(19-23(25)37)50-28-13-7-9-21(33(28)49-30)35(43)39-17-4-2-1-3-16-38-34(20)42/h5-13,18,23,25-26,30,41,45H,1-4,14-17,19H2,(H,38,42)(H,39,43)(H,40,44)/b29-18+/t23?,25-,26+,30-,37+/m0/s1. The second-order valence-electron chi connectivity index (χ2n) is 13.2. The molecule has 50 heavy (non-hydrogen) atoms. The molecule has 5 atom stereocenters. The molecule has 9 rings (SSSR count). The van der Waals surface area contributed by atoms with Crippen LogP contribution >= 0.6 is 0 Å². The van der Waals surface area contributed by atoms with Gasteiger partial charge in [0.1, 0.15) is 11.9 Å². The van der Waals surface area contributed by atoms with E-state index in [0.29, 0.717) is 55.2 Å². The maximum Gasteiger partial charge on any atom is 0.278 e. The molecule has 0 aromatic heterocycles. The van der Waals surface area contributed by atoms with Gasteiger partial charge in [0.25, 0.3) is 17.7 Å². The number of hydrogen-bond acceptors (Lipinski definition) is 10. The van der Waals surface area contributed by atoms with Gasteiger partial charge in [-0.05, 0) is 62.1 Å². The summed E-state index contributed by atoms with van der Waals surface area (Å²) >= 11 is 0. The fraction of sp³-hybridized carbons (Fsp3) is 0.378. The molecule has 0 saturated heterocycles. The predicted octanol–water partition coefficient (Wildman–Crippen LogP) is 4.41. The normalized spacial score (nSPS) is 28.0. The highest BCUT2D eigenvalue weighted by molar-refractivity contribution is 5.99. The zero-order valence-electron chi connectivity index (χ0n) is 27.1. The van der Waals surface area contributed by atoms with Crippen LogP contribution in [-0.2, 0) is 0 Å². The van der Waals surface area contributed by atoms with Gasteiger partial charge in [0.15, 0.2) is 52.3 Å². The number of benzene rings is 3. The number of amides is 3. The number of hydrogen-bond donors (Lipinski definition) is 5. The molecule has 3 aromatic rings. The first kappa shape index (κ1) is 31.8. The lowest BCUT2D eigenvalue weighted by molar-refractivity contribution is -0.00136. The van der Waals surface area contributed by atoms with E-state index in [-0.39, 0.29) is 51.9 Å². The molecule has 260 valence electrons. The van der Waals surface area contributed by atoms with E-state index >= 15 is 0 Å². The first-order valence-corrected chi connectivity index (χ1v) is 17.0. The number of phenols is 1. The van der Waals surface area contributed by atoms with Crippen LogP contribution in [0.15, 0.2) is 66.4 Å². The summed E-state index contributed by atoms with van der Waals surface area (Å²) in [6.07, 6.45) is 4.22. The molecule has 13 heteroatoms. The van der Waals surface area contributed by atoms with Crippen LogP contribution in [0.4, 0.5) is 0 Å². The van der Waals surface area contributed by atoms with Gasteiger partial charge in [-0.15, -0.1) is 0 Å². The maximum absolute atomic E-state index is 13.4. The molecule has 1 fully saturated rings. The van der Waals surface area contributed by atoms with Crippen molar-refractivity contribution in [3.05, 3.63) is 83.1 Å². The average molecular weight is 684 g/mol. The summed E-state index contributed by atoms with van der Waals surface area (Å²) in [5, 5.41) is 26.4. The van der Waals surface area contributed by atoms with E-state index in [1.807, 2.05) is 0 Å². The van der Waals surface area contributed by atoms with Crippen LogP contribution < -0.4 is 39.8 Å².